The van der Waals surface area contributed by atoms with Crippen LogP contribution in [0, 0.1) is 6.92 Å². The van der Waals surface area contributed by atoms with Crippen molar-refractivity contribution in [2.24, 2.45) is 0 Å². The highest BCUT2D eigenvalue weighted by Crippen LogP contribution is 2.22. The molecular weight excluding hydrogens is 396 g/mol. The van der Waals surface area contributed by atoms with Gasteiger partial charge in [0.2, 0.25) is 10.0 Å². The fraction of sp³-hybridized carbons (Fsp3) is 0.250. The van der Waals surface area contributed by atoms with Crippen LogP contribution in [0.2, 0.25) is 0 Å². The van der Waals surface area contributed by atoms with Gasteiger partial charge in [0.1, 0.15) is 12.6 Å². The van der Waals surface area contributed by atoms with Crippen LogP contribution < -0.4 is 4.72 Å². The summed E-state index contributed by atoms with van der Waals surface area (Å²) >= 11 is 0. The maximum atomic E-state index is 12.3. The zero-order chi connectivity index (χ0) is 21.2. The van der Waals surface area contributed by atoms with Gasteiger partial charge < -0.3 is 4.74 Å². The zero-order valence-corrected chi connectivity index (χ0v) is 16.7. The van der Waals surface area contributed by atoms with E-state index in [1.165, 1.54) is 19.1 Å². The first kappa shape index (κ1) is 20.7. The molecule has 0 radical (unpaired) electrons. The highest BCUT2D eigenvalue weighted by Gasteiger charge is 2.35. The van der Waals surface area contributed by atoms with Crippen molar-refractivity contribution in [2.45, 2.75) is 24.8 Å². The molecule has 0 unspecified atom stereocenters. The van der Waals surface area contributed by atoms with Gasteiger partial charge in [-0.1, -0.05) is 29.8 Å². The number of fused-ring (bicyclic) bond motifs is 1. The van der Waals surface area contributed by atoms with Crippen molar-refractivity contribution in [1.82, 2.24) is 9.62 Å². The molecule has 0 saturated heterocycles. The Bertz CT molecular complexity index is 1030. The van der Waals surface area contributed by atoms with E-state index < -0.39 is 33.8 Å². The van der Waals surface area contributed by atoms with Crippen molar-refractivity contribution >= 4 is 27.8 Å². The van der Waals surface area contributed by atoms with Crippen LogP contribution in [0.15, 0.2) is 53.4 Å². The second kappa shape index (κ2) is 8.14. The molecule has 2 aromatic rings. The number of nitrogens with zero attached hydrogens (tertiary/aromatic N) is 1. The van der Waals surface area contributed by atoms with Gasteiger partial charge in [-0.2, -0.15) is 4.72 Å². The number of hydrogen-bond donors (Lipinski definition) is 1. The Labute approximate surface area is 168 Å². The first-order valence-corrected chi connectivity index (χ1v) is 10.4. The van der Waals surface area contributed by atoms with Crippen molar-refractivity contribution in [2.75, 3.05) is 13.2 Å². The smallest absolute Gasteiger partial charge is 0.323 e. The second-order valence-corrected chi connectivity index (χ2v) is 8.35. The maximum Gasteiger partial charge on any atom is 0.323 e. The van der Waals surface area contributed by atoms with Crippen LogP contribution in [0.3, 0.4) is 0 Å². The summed E-state index contributed by atoms with van der Waals surface area (Å²) in [5.74, 6) is -1.71. The quantitative estimate of drug-likeness (QED) is 0.541. The predicted molar refractivity (Wildman–Crippen MR) is 104 cm³/mol. The Kier molecular flexibility index (Phi) is 5.81. The lowest BCUT2D eigenvalue weighted by molar-refractivity contribution is -0.145. The van der Waals surface area contributed by atoms with E-state index in [0.29, 0.717) is 11.1 Å². The van der Waals surface area contributed by atoms with E-state index in [1.807, 2.05) is 6.92 Å². The highest BCUT2D eigenvalue weighted by atomic mass is 32.2. The summed E-state index contributed by atoms with van der Waals surface area (Å²) in [7, 11) is -3.89. The van der Waals surface area contributed by atoms with E-state index in [4.69, 9.17) is 4.74 Å². The summed E-state index contributed by atoms with van der Waals surface area (Å²) in [6, 6.07) is 11.5. The third-order valence-corrected chi connectivity index (χ3v) is 6.01. The number of benzene rings is 2. The molecule has 0 bridgehead atoms. The summed E-state index contributed by atoms with van der Waals surface area (Å²) in [6.07, 6.45) is 0. The Morgan fingerprint density at radius 3 is 2.14 bits per heavy atom. The number of aryl methyl sites for hydroxylation is 1. The number of esters is 1. The third-order valence-electron chi connectivity index (χ3n) is 4.45. The minimum absolute atomic E-state index is 0.0359. The van der Waals surface area contributed by atoms with Gasteiger partial charge in [0.15, 0.2) is 0 Å². The van der Waals surface area contributed by atoms with Crippen LogP contribution in [0.4, 0.5) is 0 Å². The standard InChI is InChI=1S/C20H20N2O6S/c1-13-7-9-15(10-8-13)29(26,27)21-14(2)20(25)28-12-11-22-18(23)16-5-3-4-6-17(16)19(22)24/h3-10,14,21H,11-12H2,1-2H3/t14-/m0/s1. The number of amides is 2. The van der Waals surface area contributed by atoms with Crippen LogP contribution in [0.5, 0.6) is 0 Å². The Hall–Kier alpha value is -3.04. The number of hydrogen-bond acceptors (Lipinski definition) is 6. The molecule has 9 heteroatoms. The molecule has 8 nitrogen and oxygen atoms in total. The molecule has 2 aromatic carbocycles. The molecule has 0 aliphatic carbocycles. The summed E-state index contributed by atoms with van der Waals surface area (Å²) < 4.78 is 32.0. The van der Waals surface area contributed by atoms with Crippen molar-refractivity contribution in [3.8, 4) is 0 Å². The first-order valence-electron chi connectivity index (χ1n) is 8.91. The van der Waals surface area contributed by atoms with Crippen molar-refractivity contribution in [3.05, 3.63) is 65.2 Å². The number of sulfonamides is 1. The first-order chi connectivity index (χ1) is 13.7. The number of nitrogens with one attached hydrogen (secondary N) is 1. The molecule has 152 valence electrons. The van der Waals surface area contributed by atoms with Gasteiger partial charge >= 0.3 is 5.97 Å². The van der Waals surface area contributed by atoms with Gasteiger partial charge in [0.25, 0.3) is 11.8 Å². The van der Waals surface area contributed by atoms with Crippen LogP contribution in [-0.4, -0.2) is 50.3 Å². The predicted octanol–water partition coefficient (Wildman–Crippen LogP) is 1.50. The number of carbonyl (C=O) groups excluding carboxylic acids is 3. The maximum absolute atomic E-state index is 12.3. The average Bonchev–Trinajstić information content (AvgIpc) is 2.93. The van der Waals surface area contributed by atoms with E-state index >= 15 is 0 Å². The molecule has 0 aromatic heterocycles. The Morgan fingerprint density at radius 2 is 1.59 bits per heavy atom. The SMILES string of the molecule is Cc1ccc(S(=O)(=O)N[C@@H](C)C(=O)OCCN2C(=O)c3ccccc3C2=O)cc1. The lowest BCUT2D eigenvalue weighted by Gasteiger charge is -2.16. The number of imide groups is 1. The van der Waals surface area contributed by atoms with Gasteiger partial charge in [-0.25, -0.2) is 8.42 Å². The molecule has 0 fully saturated rings. The lowest BCUT2D eigenvalue weighted by Crippen LogP contribution is -2.41. The number of rotatable bonds is 7. The van der Waals surface area contributed by atoms with Gasteiger partial charge in [0, 0.05) is 0 Å². The molecule has 0 spiro atoms. The largest absolute Gasteiger partial charge is 0.463 e. The Morgan fingerprint density at radius 1 is 1.03 bits per heavy atom. The molecule has 0 saturated carbocycles. The third kappa shape index (κ3) is 4.36. The molecule has 3 rings (SSSR count). The van der Waals surface area contributed by atoms with Crippen molar-refractivity contribution < 1.29 is 27.5 Å². The summed E-state index contributed by atoms with van der Waals surface area (Å²) in [6.45, 7) is 2.84. The van der Waals surface area contributed by atoms with Crippen molar-refractivity contribution in [3.63, 3.8) is 0 Å². The van der Waals surface area contributed by atoms with E-state index in [9.17, 15) is 22.8 Å². The highest BCUT2D eigenvalue weighted by molar-refractivity contribution is 7.89. The monoisotopic (exact) mass is 416 g/mol. The van der Waals surface area contributed by atoms with Gasteiger partial charge in [0.05, 0.1) is 22.6 Å². The van der Waals surface area contributed by atoms with E-state index in [2.05, 4.69) is 4.72 Å². The second-order valence-electron chi connectivity index (χ2n) is 6.63. The topological polar surface area (TPSA) is 110 Å². The zero-order valence-electron chi connectivity index (χ0n) is 15.9. The van der Waals surface area contributed by atoms with E-state index in [0.717, 1.165) is 10.5 Å². The van der Waals surface area contributed by atoms with Crippen LogP contribution >= 0.6 is 0 Å². The van der Waals surface area contributed by atoms with Gasteiger partial charge in [-0.15, -0.1) is 0 Å². The molecule has 1 aliphatic heterocycles. The van der Waals surface area contributed by atoms with E-state index in [-0.39, 0.29) is 18.0 Å². The fourth-order valence-electron chi connectivity index (χ4n) is 2.87. The molecule has 1 atom stereocenters. The minimum atomic E-state index is -3.89. The minimum Gasteiger partial charge on any atom is -0.463 e. The average molecular weight is 416 g/mol. The van der Waals surface area contributed by atoms with E-state index in [1.54, 1.807) is 36.4 Å². The van der Waals surface area contributed by atoms with Crippen LogP contribution in [-0.2, 0) is 19.6 Å². The number of carbonyl (C=O) groups is 3. The van der Waals surface area contributed by atoms with Crippen LogP contribution in [0.1, 0.15) is 33.2 Å². The molecular formula is C20H20N2O6S. The van der Waals surface area contributed by atoms with Crippen molar-refractivity contribution in [1.29, 1.82) is 0 Å². The molecule has 1 N–H and O–H groups in total. The summed E-state index contributed by atoms with van der Waals surface area (Å²) in [5, 5.41) is 0. The lowest BCUT2D eigenvalue weighted by atomic mass is 10.1. The number of ether oxygens (including phenoxy) is 1. The van der Waals surface area contributed by atoms with Gasteiger partial charge in [-0.3, -0.25) is 19.3 Å². The summed E-state index contributed by atoms with van der Waals surface area (Å²) in [4.78, 5) is 37.7. The normalized spacial score (nSPS) is 14.6. The summed E-state index contributed by atoms with van der Waals surface area (Å²) in [5.41, 5.74) is 1.52. The van der Waals surface area contributed by atoms with Gasteiger partial charge in [-0.05, 0) is 38.1 Å². The molecule has 1 aliphatic rings. The van der Waals surface area contributed by atoms with Crippen LogP contribution in [0.25, 0.3) is 0 Å². The Balaban J connectivity index is 1.54. The molecule has 1 heterocycles. The molecule has 2 amide bonds. The fourth-order valence-corrected chi connectivity index (χ4v) is 4.06. The molecule has 29 heavy (non-hydrogen) atoms.